The van der Waals surface area contributed by atoms with Gasteiger partial charge in [-0.2, -0.15) is 0 Å². The fourth-order valence-electron chi connectivity index (χ4n) is 3.21. The molecule has 0 spiro atoms. The minimum absolute atomic E-state index is 0.0677. The number of rotatable bonds is 4. The number of halogens is 1. The smallest absolute Gasteiger partial charge is 0.168 e. The summed E-state index contributed by atoms with van der Waals surface area (Å²) in [6.45, 7) is 4.29. The summed E-state index contributed by atoms with van der Waals surface area (Å²) in [6.07, 6.45) is 10.3. The SMILES string of the molecule is Cc1c(Cc2ccnc(N)c2F)cncc1OC1CCC(C)CC1. The van der Waals surface area contributed by atoms with E-state index in [-0.39, 0.29) is 11.9 Å². The average molecular weight is 329 g/mol. The molecular formula is C19H24FN3O. The molecule has 128 valence electrons. The Morgan fingerprint density at radius 2 is 1.96 bits per heavy atom. The standard InChI is InChI=1S/C19H24FN3O/c1-12-3-5-16(6-4-12)24-17-11-22-10-15(13(17)2)9-14-7-8-23-19(21)18(14)20/h7-8,10-12,16H,3-6,9H2,1-2H3,(H2,21,23). The van der Waals surface area contributed by atoms with Gasteiger partial charge in [-0.25, -0.2) is 9.37 Å². The minimum Gasteiger partial charge on any atom is -0.489 e. The summed E-state index contributed by atoms with van der Waals surface area (Å²) in [4.78, 5) is 8.05. The lowest BCUT2D eigenvalue weighted by atomic mass is 9.89. The minimum atomic E-state index is -0.454. The summed E-state index contributed by atoms with van der Waals surface area (Å²) in [7, 11) is 0. The molecule has 1 aliphatic carbocycles. The fourth-order valence-corrected chi connectivity index (χ4v) is 3.21. The zero-order valence-electron chi connectivity index (χ0n) is 14.3. The lowest BCUT2D eigenvalue weighted by molar-refractivity contribution is 0.134. The highest BCUT2D eigenvalue weighted by molar-refractivity contribution is 5.42. The van der Waals surface area contributed by atoms with Crippen LogP contribution in [0.1, 0.15) is 49.3 Å². The summed E-state index contributed by atoms with van der Waals surface area (Å²) in [5.41, 5.74) is 8.03. The predicted molar refractivity (Wildman–Crippen MR) is 92.4 cm³/mol. The molecule has 0 bridgehead atoms. The summed E-state index contributed by atoms with van der Waals surface area (Å²) >= 11 is 0. The van der Waals surface area contributed by atoms with Crippen LogP contribution in [0.3, 0.4) is 0 Å². The van der Waals surface area contributed by atoms with Crippen LogP contribution in [0.25, 0.3) is 0 Å². The van der Waals surface area contributed by atoms with Crippen molar-refractivity contribution in [3.63, 3.8) is 0 Å². The van der Waals surface area contributed by atoms with E-state index in [0.29, 0.717) is 12.0 Å². The molecule has 2 heterocycles. The van der Waals surface area contributed by atoms with Crippen molar-refractivity contribution < 1.29 is 9.13 Å². The van der Waals surface area contributed by atoms with Gasteiger partial charge in [0.1, 0.15) is 5.75 Å². The Kier molecular flexibility index (Phi) is 4.97. The Labute approximate surface area is 142 Å². The zero-order chi connectivity index (χ0) is 17.1. The first-order valence-corrected chi connectivity index (χ1v) is 8.53. The summed E-state index contributed by atoms with van der Waals surface area (Å²) in [5, 5.41) is 0. The van der Waals surface area contributed by atoms with Gasteiger partial charge in [0.15, 0.2) is 11.6 Å². The van der Waals surface area contributed by atoms with Gasteiger partial charge in [-0.1, -0.05) is 6.92 Å². The number of nitrogen functional groups attached to an aromatic ring is 1. The maximum atomic E-state index is 14.1. The average Bonchev–Trinajstić information content (AvgIpc) is 2.57. The van der Waals surface area contributed by atoms with Crippen LogP contribution >= 0.6 is 0 Å². The molecule has 1 saturated carbocycles. The Morgan fingerprint density at radius 3 is 2.71 bits per heavy atom. The van der Waals surface area contributed by atoms with E-state index in [1.165, 1.54) is 19.0 Å². The summed E-state index contributed by atoms with van der Waals surface area (Å²) < 4.78 is 20.3. The van der Waals surface area contributed by atoms with Crippen molar-refractivity contribution >= 4 is 5.82 Å². The molecule has 3 rings (SSSR count). The molecule has 24 heavy (non-hydrogen) atoms. The van der Waals surface area contributed by atoms with Gasteiger partial charge in [-0.05, 0) is 61.3 Å². The molecule has 0 saturated heterocycles. The Morgan fingerprint density at radius 1 is 1.21 bits per heavy atom. The van der Waals surface area contributed by atoms with Crippen molar-refractivity contribution in [3.05, 3.63) is 47.2 Å². The third-order valence-corrected chi connectivity index (χ3v) is 4.91. The topological polar surface area (TPSA) is 61.0 Å². The lowest BCUT2D eigenvalue weighted by Crippen LogP contribution is -2.23. The van der Waals surface area contributed by atoms with E-state index in [1.54, 1.807) is 18.5 Å². The second kappa shape index (κ2) is 7.16. The molecule has 4 nitrogen and oxygen atoms in total. The van der Waals surface area contributed by atoms with Gasteiger partial charge < -0.3 is 10.5 Å². The molecule has 0 radical (unpaired) electrons. The van der Waals surface area contributed by atoms with E-state index in [2.05, 4.69) is 16.9 Å². The summed E-state index contributed by atoms with van der Waals surface area (Å²) in [6, 6.07) is 1.65. The van der Waals surface area contributed by atoms with Gasteiger partial charge in [-0.3, -0.25) is 4.98 Å². The van der Waals surface area contributed by atoms with E-state index in [0.717, 1.165) is 35.6 Å². The number of aromatic nitrogens is 2. The molecule has 0 unspecified atom stereocenters. The van der Waals surface area contributed by atoms with Crippen LogP contribution in [0.2, 0.25) is 0 Å². The molecule has 1 aliphatic rings. The van der Waals surface area contributed by atoms with Gasteiger partial charge in [0.2, 0.25) is 0 Å². The van der Waals surface area contributed by atoms with Crippen molar-refractivity contribution in [2.45, 2.75) is 52.1 Å². The van der Waals surface area contributed by atoms with E-state index in [1.807, 2.05) is 6.92 Å². The normalized spacial score (nSPS) is 20.8. The molecule has 1 fully saturated rings. The van der Waals surface area contributed by atoms with Crippen molar-refractivity contribution in [3.8, 4) is 5.75 Å². The van der Waals surface area contributed by atoms with Gasteiger partial charge in [0, 0.05) is 18.8 Å². The number of ether oxygens (including phenoxy) is 1. The quantitative estimate of drug-likeness (QED) is 0.919. The molecule has 2 N–H and O–H groups in total. The van der Waals surface area contributed by atoms with E-state index >= 15 is 0 Å². The highest BCUT2D eigenvalue weighted by atomic mass is 19.1. The van der Waals surface area contributed by atoms with Crippen molar-refractivity contribution in [2.75, 3.05) is 5.73 Å². The second-order valence-corrected chi connectivity index (χ2v) is 6.77. The number of nitrogens with zero attached hydrogens (tertiary/aromatic N) is 2. The predicted octanol–water partition coefficient (Wildman–Crippen LogP) is 4.05. The molecule has 0 amide bonds. The van der Waals surface area contributed by atoms with Crippen molar-refractivity contribution in [1.82, 2.24) is 9.97 Å². The van der Waals surface area contributed by atoms with Crippen LogP contribution in [-0.2, 0) is 6.42 Å². The highest BCUT2D eigenvalue weighted by Gasteiger charge is 2.21. The zero-order valence-corrected chi connectivity index (χ0v) is 14.3. The van der Waals surface area contributed by atoms with Gasteiger partial charge in [0.25, 0.3) is 0 Å². The van der Waals surface area contributed by atoms with Crippen LogP contribution in [-0.4, -0.2) is 16.1 Å². The largest absolute Gasteiger partial charge is 0.489 e. The van der Waals surface area contributed by atoms with Gasteiger partial charge in [0.05, 0.1) is 12.3 Å². The maximum Gasteiger partial charge on any atom is 0.168 e. The third-order valence-electron chi connectivity index (χ3n) is 4.91. The maximum absolute atomic E-state index is 14.1. The van der Waals surface area contributed by atoms with E-state index in [9.17, 15) is 4.39 Å². The number of anilines is 1. The summed E-state index contributed by atoms with van der Waals surface area (Å²) in [5.74, 6) is 1.07. The Bertz CT molecular complexity index is 712. The van der Waals surface area contributed by atoms with Crippen LogP contribution in [0.15, 0.2) is 24.7 Å². The first-order valence-electron chi connectivity index (χ1n) is 8.53. The molecule has 2 aromatic heterocycles. The Hall–Kier alpha value is -2.17. The number of pyridine rings is 2. The third kappa shape index (κ3) is 3.66. The van der Waals surface area contributed by atoms with Gasteiger partial charge in [-0.15, -0.1) is 0 Å². The number of hydrogen-bond donors (Lipinski definition) is 1. The number of nitrogens with two attached hydrogens (primary N) is 1. The molecule has 0 atom stereocenters. The molecule has 0 aromatic carbocycles. The van der Waals surface area contributed by atoms with Crippen LogP contribution < -0.4 is 10.5 Å². The molecule has 5 heteroatoms. The molecular weight excluding hydrogens is 305 g/mol. The first-order chi connectivity index (χ1) is 11.5. The van der Waals surface area contributed by atoms with Crippen LogP contribution in [0.5, 0.6) is 5.75 Å². The number of hydrogen-bond acceptors (Lipinski definition) is 4. The van der Waals surface area contributed by atoms with Crippen molar-refractivity contribution in [1.29, 1.82) is 0 Å². The van der Waals surface area contributed by atoms with Crippen LogP contribution in [0, 0.1) is 18.7 Å². The lowest BCUT2D eigenvalue weighted by Gasteiger charge is -2.27. The van der Waals surface area contributed by atoms with E-state index < -0.39 is 5.82 Å². The van der Waals surface area contributed by atoms with Crippen LogP contribution in [0.4, 0.5) is 10.2 Å². The molecule has 0 aliphatic heterocycles. The van der Waals surface area contributed by atoms with Crippen molar-refractivity contribution in [2.24, 2.45) is 5.92 Å². The molecule has 2 aromatic rings. The van der Waals surface area contributed by atoms with Gasteiger partial charge >= 0.3 is 0 Å². The first kappa shape index (κ1) is 16.7. The Balaban J connectivity index is 1.77. The fraction of sp³-hybridized carbons (Fsp3) is 0.474. The highest BCUT2D eigenvalue weighted by Crippen LogP contribution is 2.30. The van der Waals surface area contributed by atoms with E-state index in [4.69, 9.17) is 10.5 Å². The second-order valence-electron chi connectivity index (χ2n) is 6.77. The monoisotopic (exact) mass is 329 g/mol.